The Morgan fingerprint density at radius 3 is 1.91 bits per heavy atom. The normalized spacial score (nSPS) is 24.9. The van der Waals surface area contributed by atoms with Crippen LogP contribution in [-0.4, -0.2) is 133 Å². The average molecular weight is 936 g/mol. The van der Waals surface area contributed by atoms with Crippen molar-refractivity contribution in [2.75, 3.05) is 32.7 Å². The van der Waals surface area contributed by atoms with Crippen LogP contribution in [0.15, 0.2) is 54.6 Å². The predicted molar refractivity (Wildman–Crippen MR) is 253 cm³/mol. The molecular formula is C47H73N11O9. The van der Waals surface area contributed by atoms with Gasteiger partial charge in [-0.25, -0.2) is 0 Å². The zero-order valence-corrected chi connectivity index (χ0v) is 39.4. The first kappa shape index (κ1) is 55.5. The molecule has 2 aromatic rings. The lowest BCUT2D eigenvalue weighted by atomic mass is 9.94. The molecule has 0 aliphatic carbocycles. The molecule has 15 N–H and O–H groups in total. The Balaban J connectivity index is 2.11. The first-order valence-corrected chi connectivity index (χ1v) is 23.1. The maximum Gasteiger partial charge on any atom is 0.245 e. The van der Waals surface area contributed by atoms with Crippen LogP contribution >= 0.6 is 0 Å². The van der Waals surface area contributed by atoms with Crippen molar-refractivity contribution in [3.63, 3.8) is 0 Å². The molecule has 0 unspecified atom stereocenters. The van der Waals surface area contributed by atoms with E-state index in [1.807, 2.05) is 52.0 Å². The van der Waals surface area contributed by atoms with Crippen LogP contribution < -0.4 is 59.7 Å². The van der Waals surface area contributed by atoms with Crippen LogP contribution in [0.3, 0.4) is 0 Å². The third-order valence-electron chi connectivity index (χ3n) is 11.4. The summed E-state index contributed by atoms with van der Waals surface area (Å²) in [4.78, 5) is 111. The minimum atomic E-state index is -1.69. The summed E-state index contributed by atoms with van der Waals surface area (Å²) in [6.07, 6.45) is -1.29. The van der Waals surface area contributed by atoms with E-state index in [9.17, 15) is 43.5 Å². The minimum absolute atomic E-state index is 0.00948. The summed E-state index contributed by atoms with van der Waals surface area (Å²) in [7, 11) is 0. The van der Waals surface area contributed by atoms with Crippen LogP contribution in [0, 0.1) is 5.92 Å². The molecule has 20 nitrogen and oxygen atoms in total. The highest BCUT2D eigenvalue weighted by Crippen LogP contribution is 2.16. The van der Waals surface area contributed by atoms with Crippen molar-refractivity contribution in [3.8, 4) is 0 Å². The highest BCUT2D eigenvalue weighted by atomic mass is 16.3. The lowest BCUT2D eigenvalue weighted by Crippen LogP contribution is -2.64. The van der Waals surface area contributed by atoms with Crippen LogP contribution in [0.4, 0.5) is 0 Å². The fourth-order valence-electron chi connectivity index (χ4n) is 7.56. The van der Waals surface area contributed by atoms with Gasteiger partial charge < -0.3 is 69.6 Å². The summed E-state index contributed by atoms with van der Waals surface area (Å²) in [5.74, 6) is -5.05. The highest BCUT2D eigenvalue weighted by Gasteiger charge is 2.38. The molecule has 8 atom stereocenters. The lowest BCUT2D eigenvalue weighted by molar-refractivity contribution is -0.135. The maximum absolute atomic E-state index is 14.3. The van der Waals surface area contributed by atoms with E-state index in [-0.39, 0.29) is 89.5 Å². The number of aliphatic hydroxyl groups is 1. The van der Waals surface area contributed by atoms with Gasteiger partial charge in [-0.05, 0) is 87.2 Å². The number of hydrogen-bond donors (Lipinski definition) is 12. The van der Waals surface area contributed by atoms with Gasteiger partial charge >= 0.3 is 0 Å². The Morgan fingerprint density at radius 2 is 1.33 bits per heavy atom. The van der Waals surface area contributed by atoms with Gasteiger partial charge in [-0.2, -0.15) is 0 Å². The molecule has 3 rings (SSSR count). The van der Waals surface area contributed by atoms with Gasteiger partial charge in [0.25, 0.3) is 0 Å². The number of nitrogens with one attached hydrogen (secondary N) is 8. The molecule has 0 saturated carbocycles. The van der Waals surface area contributed by atoms with Crippen molar-refractivity contribution >= 4 is 47.6 Å². The summed E-state index contributed by atoms with van der Waals surface area (Å²) in [6, 6.07) is 8.47. The van der Waals surface area contributed by atoms with Crippen molar-refractivity contribution in [1.29, 1.82) is 0 Å². The van der Waals surface area contributed by atoms with E-state index >= 15 is 0 Å². The average Bonchev–Trinajstić information content (AvgIpc) is 3.28. The van der Waals surface area contributed by atoms with Crippen LogP contribution in [0.2, 0.25) is 0 Å². The van der Waals surface area contributed by atoms with Gasteiger partial charge in [0.1, 0.15) is 42.0 Å². The second-order valence-corrected chi connectivity index (χ2v) is 17.9. The fraction of sp³-hybridized carbons (Fsp3) is 0.574. The third kappa shape index (κ3) is 18.1. The summed E-state index contributed by atoms with van der Waals surface area (Å²) in [5, 5.41) is 32.4. The summed E-state index contributed by atoms with van der Waals surface area (Å²) < 4.78 is 0. The fourth-order valence-corrected chi connectivity index (χ4v) is 7.56. The van der Waals surface area contributed by atoms with Gasteiger partial charge in [0, 0.05) is 19.5 Å². The molecule has 1 aliphatic rings. The van der Waals surface area contributed by atoms with Gasteiger partial charge in [0.15, 0.2) is 0 Å². The SMILES string of the molecule is CC(C)C[C@@H]1NC(=O)[C@@H](Cc2ccccc2)NC(=O)[C@H](CCN)NC(=O)[C@@H](NC(=O)Cc2ccc(C(C)C)cc2)CCNC(=O)[C@H]([C@@H](C)O)NC(=O)[C@H](CCN)NC[C@](C=O)(CCN)NC1=O. The predicted octanol–water partition coefficient (Wildman–Crippen LogP) is -1.98. The summed E-state index contributed by atoms with van der Waals surface area (Å²) >= 11 is 0. The second-order valence-electron chi connectivity index (χ2n) is 17.9. The largest absolute Gasteiger partial charge is 0.391 e. The van der Waals surface area contributed by atoms with E-state index in [0.29, 0.717) is 17.4 Å². The number of hydrogen-bond acceptors (Lipinski definition) is 13. The zero-order chi connectivity index (χ0) is 49.7. The number of carbonyl (C=O) groups excluding carboxylic acids is 8. The first-order valence-electron chi connectivity index (χ1n) is 23.1. The standard InChI is InChI=1S/C47H73N11O9/c1-28(2)23-37-45(66)58-47(27-59,18-21-50)26-52-34(15-19-48)41(62)57-40(30(5)60)46(67)51-22-17-36(53-39(61)25-32-11-13-33(14-12-32)29(3)4)43(64)54-35(16-20-49)42(63)56-38(44(65)55-37)24-31-9-7-6-8-10-31/h6-14,27-30,34-38,40,52,60H,15-26,48-50H2,1-5H3,(H,51,67)(H,53,61)(H,54,64)(H,55,65)(H,56,63)(H,57,62)(H,58,66)/t30-,34+,35+,36+,37+,38-,40+,47+/m1/s1. The molecule has 370 valence electrons. The van der Waals surface area contributed by atoms with E-state index in [1.54, 1.807) is 30.3 Å². The molecule has 0 radical (unpaired) electrons. The Morgan fingerprint density at radius 1 is 0.731 bits per heavy atom. The van der Waals surface area contributed by atoms with Crippen molar-refractivity contribution in [2.45, 2.75) is 133 Å². The second kappa shape index (κ2) is 27.7. The van der Waals surface area contributed by atoms with Gasteiger partial charge in [-0.3, -0.25) is 33.6 Å². The van der Waals surface area contributed by atoms with Crippen molar-refractivity contribution in [3.05, 3.63) is 71.3 Å². The van der Waals surface area contributed by atoms with Crippen LogP contribution in [-0.2, 0) is 51.2 Å². The van der Waals surface area contributed by atoms with Gasteiger partial charge in [0.2, 0.25) is 41.4 Å². The number of nitrogens with two attached hydrogens (primary N) is 3. The molecule has 20 heteroatoms. The number of rotatable bonds is 16. The van der Waals surface area contributed by atoms with Gasteiger partial charge in [0.05, 0.1) is 18.6 Å². The monoisotopic (exact) mass is 936 g/mol. The van der Waals surface area contributed by atoms with E-state index in [1.165, 1.54) is 6.92 Å². The zero-order valence-electron chi connectivity index (χ0n) is 39.4. The summed E-state index contributed by atoms with van der Waals surface area (Å²) in [5.41, 5.74) is 18.5. The number of amides is 7. The molecule has 7 amide bonds. The van der Waals surface area contributed by atoms with Crippen molar-refractivity contribution in [2.24, 2.45) is 23.1 Å². The van der Waals surface area contributed by atoms with E-state index in [4.69, 9.17) is 17.2 Å². The lowest BCUT2D eigenvalue weighted by Gasteiger charge is -2.34. The van der Waals surface area contributed by atoms with Crippen molar-refractivity contribution in [1.82, 2.24) is 42.5 Å². The number of aliphatic hydroxyl groups excluding tert-OH is 1. The smallest absolute Gasteiger partial charge is 0.245 e. The minimum Gasteiger partial charge on any atom is -0.391 e. The molecule has 1 saturated heterocycles. The van der Waals surface area contributed by atoms with Crippen LogP contribution in [0.5, 0.6) is 0 Å². The van der Waals surface area contributed by atoms with E-state index in [2.05, 4.69) is 42.5 Å². The molecule has 0 aromatic heterocycles. The molecule has 0 spiro atoms. The molecule has 1 fully saturated rings. The topological polar surface area (TPSA) is 331 Å². The Kier molecular flexibility index (Phi) is 23.0. The van der Waals surface area contributed by atoms with Crippen LogP contribution in [0.25, 0.3) is 0 Å². The molecular weight excluding hydrogens is 863 g/mol. The van der Waals surface area contributed by atoms with E-state index < -0.39 is 89.2 Å². The number of carbonyl (C=O) groups is 8. The summed E-state index contributed by atoms with van der Waals surface area (Å²) in [6.45, 7) is 8.33. The molecule has 2 aromatic carbocycles. The molecule has 1 heterocycles. The third-order valence-corrected chi connectivity index (χ3v) is 11.4. The highest BCUT2D eigenvalue weighted by molar-refractivity contribution is 5.96. The quantitative estimate of drug-likeness (QED) is 0.0814. The van der Waals surface area contributed by atoms with Crippen molar-refractivity contribution < 1.29 is 43.5 Å². The van der Waals surface area contributed by atoms with Crippen LogP contribution in [0.1, 0.15) is 89.3 Å². The number of aldehydes is 1. The molecule has 67 heavy (non-hydrogen) atoms. The van der Waals surface area contributed by atoms with Gasteiger partial charge in [-0.1, -0.05) is 82.3 Å². The molecule has 1 aliphatic heterocycles. The maximum atomic E-state index is 14.3. The first-order chi connectivity index (χ1) is 31.8. The Hall–Kier alpha value is -5.80. The Bertz CT molecular complexity index is 1950. The van der Waals surface area contributed by atoms with Gasteiger partial charge in [-0.15, -0.1) is 0 Å². The molecule has 0 bridgehead atoms. The van der Waals surface area contributed by atoms with E-state index in [0.717, 1.165) is 5.56 Å². The Labute approximate surface area is 393 Å². The number of benzene rings is 2.